The molecule has 0 spiro atoms. The molecule has 0 saturated heterocycles. The van der Waals surface area contributed by atoms with Crippen molar-refractivity contribution in [1.29, 1.82) is 0 Å². The smallest absolute Gasteiger partial charge is 0.164 e. The SMILES string of the molecule is CCc1cc2c(cc1-c1ccc(-c3ccc4c(c3)oc3cc(-c5nc(-c6ccc(C(C)(C)C)cc6)nc(-c6ccc(C(C)(C)C)cc6)n5)ccc34)cn1)C(C)(C)C(C)(C)C2(C)C. The predicted octanol–water partition coefficient (Wildman–Crippen LogP) is 15.3. The monoisotopic (exact) mass is 816 g/mol. The van der Waals surface area contributed by atoms with Crippen molar-refractivity contribution in [3.63, 3.8) is 0 Å². The van der Waals surface area contributed by atoms with Gasteiger partial charge in [0.05, 0.1) is 5.69 Å². The van der Waals surface area contributed by atoms with Crippen molar-refractivity contribution >= 4 is 21.9 Å². The number of nitrogens with zero attached hydrogens (tertiary/aromatic N) is 4. The van der Waals surface area contributed by atoms with E-state index < -0.39 is 0 Å². The van der Waals surface area contributed by atoms with Gasteiger partial charge in [0.1, 0.15) is 11.2 Å². The van der Waals surface area contributed by atoms with E-state index in [1.165, 1.54) is 33.4 Å². The molecule has 3 aromatic heterocycles. The van der Waals surface area contributed by atoms with Crippen molar-refractivity contribution < 1.29 is 4.42 Å². The van der Waals surface area contributed by atoms with Gasteiger partial charge in [0.2, 0.25) is 0 Å². The normalized spacial score (nSPS) is 15.6. The lowest BCUT2D eigenvalue weighted by Gasteiger charge is -2.44. The van der Waals surface area contributed by atoms with Gasteiger partial charge < -0.3 is 4.42 Å². The number of hydrogen-bond donors (Lipinski definition) is 0. The fourth-order valence-electron chi connectivity index (χ4n) is 9.49. The van der Waals surface area contributed by atoms with Gasteiger partial charge in [0, 0.05) is 44.8 Å². The summed E-state index contributed by atoms with van der Waals surface area (Å²) in [5, 5.41) is 2.11. The van der Waals surface area contributed by atoms with Crippen molar-refractivity contribution in [2.75, 3.05) is 0 Å². The summed E-state index contributed by atoms with van der Waals surface area (Å²) in [7, 11) is 0. The van der Waals surface area contributed by atoms with E-state index in [-0.39, 0.29) is 27.1 Å². The Morgan fingerprint density at radius 3 is 1.39 bits per heavy atom. The van der Waals surface area contributed by atoms with Crippen LogP contribution in [0.15, 0.2) is 120 Å². The molecule has 0 fully saturated rings. The number of fused-ring (bicyclic) bond motifs is 4. The van der Waals surface area contributed by atoms with Gasteiger partial charge in [-0.05, 0) is 103 Å². The summed E-state index contributed by atoms with van der Waals surface area (Å²) in [5.74, 6) is 1.88. The highest BCUT2D eigenvalue weighted by Gasteiger charge is 2.57. The summed E-state index contributed by atoms with van der Waals surface area (Å²) in [6.07, 6.45) is 2.96. The highest BCUT2D eigenvalue weighted by molar-refractivity contribution is 6.06. The maximum absolute atomic E-state index is 6.62. The Labute approximate surface area is 368 Å². The van der Waals surface area contributed by atoms with Gasteiger partial charge in [-0.3, -0.25) is 4.98 Å². The zero-order chi connectivity index (χ0) is 44.1. The molecule has 0 aliphatic heterocycles. The first-order chi connectivity index (χ1) is 29.2. The molecule has 1 aliphatic rings. The molecule has 0 N–H and O–H groups in total. The lowest BCUT2D eigenvalue weighted by atomic mass is 9.59. The Balaban J connectivity index is 1.06. The molecule has 5 nitrogen and oxygen atoms in total. The highest BCUT2D eigenvalue weighted by Crippen LogP contribution is 2.62. The van der Waals surface area contributed by atoms with Crippen molar-refractivity contribution in [2.24, 2.45) is 5.41 Å². The van der Waals surface area contributed by atoms with Crippen LogP contribution in [-0.4, -0.2) is 19.9 Å². The Hall–Kier alpha value is -5.94. The third-order valence-corrected chi connectivity index (χ3v) is 14.9. The average Bonchev–Trinajstić information content (AvgIpc) is 3.66. The molecule has 0 unspecified atom stereocenters. The Bertz CT molecular complexity index is 2930. The zero-order valence-corrected chi connectivity index (χ0v) is 38.9. The summed E-state index contributed by atoms with van der Waals surface area (Å²) >= 11 is 0. The van der Waals surface area contributed by atoms with Crippen LogP contribution < -0.4 is 0 Å². The second-order valence-electron chi connectivity index (χ2n) is 21.2. The van der Waals surface area contributed by atoms with Gasteiger partial charge >= 0.3 is 0 Å². The van der Waals surface area contributed by atoms with Crippen molar-refractivity contribution in [1.82, 2.24) is 19.9 Å². The average molecular weight is 817 g/mol. The second kappa shape index (κ2) is 14.3. The van der Waals surface area contributed by atoms with E-state index in [2.05, 4.69) is 199 Å². The maximum atomic E-state index is 6.62. The molecular weight excluding hydrogens is 757 g/mol. The van der Waals surface area contributed by atoms with Gasteiger partial charge in [0.25, 0.3) is 0 Å². The van der Waals surface area contributed by atoms with E-state index in [1.807, 2.05) is 6.20 Å². The summed E-state index contributed by atoms with van der Waals surface area (Å²) in [6.45, 7) is 30.1. The van der Waals surface area contributed by atoms with Crippen LogP contribution in [0.5, 0.6) is 0 Å². The molecule has 0 amide bonds. The minimum atomic E-state index is 0.0323. The van der Waals surface area contributed by atoms with E-state index in [1.54, 1.807) is 0 Å². The third-order valence-electron chi connectivity index (χ3n) is 14.9. The first-order valence-corrected chi connectivity index (χ1v) is 22.3. The fraction of sp³-hybridized carbons (Fsp3) is 0.333. The van der Waals surface area contributed by atoms with Gasteiger partial charge in [-0.25, -0.2) is 15.0 Å². The molecule has 314 valence electrons. The van der Waals surface area contributed by atoms with Crippen LogP contribution in [-0.2, 0) is 28.1 Å². The van der Waals surface area contributed by atoms with Crippen molar-refractivity contribution in [2.45, 2.75) is 118 Å². The van der Waals surface area contributed by atoms with Crippen molar-refractivity contribution in [3.05, 3.63) is 143 Å². The van der Waals surface area contributed by atoms with Crippen LogP contribution in [0.2, 0.25) is 0 Å². The lowest BCUT2D eigenvalue weighted by Crippen LogP contribution is -2.42. The van der Waals surface area contributed by atoms with Crippen LogP contribution in [0, 0.1) is 5.41 Å². The van der Waals surface area contributed by atoms with Gasteiger partial charge in [-0.1, -0.05) is 163 Å². The molecule has 9 rings (SSSR count). The first-order valence-electron chi connectivity index (χ1n) is 22.3. The van der Waals surface area contributed by atoms with Crippen LogP contribution in [0.4, 0.5) is 0 Å². The van der Waals surface area contributed by atoms with Crippen LogP contribution in [0.1, 0.15) is 118 Å². The molecule has 0 radical (unpaired) electrons. The highest BCUT2D eigenvalue weighted by atomic mass is 16.3. The van der Waals surface area contributed by atoms with E-state index in [4.69, 9.17) is 24.4 Å². The molecule has 3 heterocycles. The minimum absolute atomic E-state index is 0.0323. The van der Waals surface area contributed by atoms with Crippen LogP contribution in [0.25, 0.3) is 78.5 Å². The summed E-state index contributed by atoms with van der Waals surface area (Å²) in [4.78, 5) is 20.3. The summed E-state index contributed by atoms with van der Waals surface area (Å²) < 4.78 is 6.62. The molecule has 0 bridgehead atoms. The minimum Gasteiger partial charge on any atom is -0.456 e. The number of pyridine rings is 1. The van der Waals surface area contributed by atoms with Gasteiger partial charge in [0.15, 0.2) is 17.5 Å². The summed E-state index contributed by atoms with van der Waals surface area (Å²) in [5.41, 5.74) is 15.8. The van der Waals surface area contributed by atoms with E-state index in [9.17, 15) is 0 Å². The molecular formula is C57H60N4O. The van der Waals surface area contributed by atoms with E-state index >= 15 is 0 Å². The van der Waals surface area contributed by atoms with Gasteiger partial charge in [-0.15, -0.1) is 0 Å². The fourth-order valence-corrected chi connectivity index (χ4v) is 9.49. The van der Waals surface area contributed by atoms with E-state index in [0.717, 1.165) is 61.9 Å². The quantitative estimate of drug-likeness (QED) is 0.167. The topological polar surface area (TPSA) is 64.7 Å². The van der Waals surface area contributed by atoms with E-state index in [0.29, 0.717) is 17.5 Å². The Morgan fingerprint density at radius 1 is 0.484 bits per heavy atom. The van der Waals surface area contributed by atoms with Crippen molar-refractivity contribution in [3.8, 4) is 56.5 Å². The maximum Gasteiger partial charge on any atom is 0.164 e. The number of benzene rings is 5. The Morgan fingerprint density at radius 2 is 0.919 bits per heavy atom. The number of furan rings is 1. The molecule has 5 heteroatoms. The lowest BCUT2D eigenvalue weighted by molar-refractivity contribution is 0.125. The molecule has 62 heavy (non-hydrogen) atoms. The summed E-state index contributed by atoms with van der Waals surface area (Å²) in [6, 6.07) is 39.2. The van der Waals surface area contributed by atoms with Crippen LogP contribution in [0.3, 0.4) is 0 Å². The third kappa shape index (κ3) is 6.76. The molecule has 0 saturated carbocycles. The second-order valence-corrected chi connectivity index (χ2v) is 21.2. The zero-order valence-electron chi connectivity index (χ0n) is 38.9. The number of rotatable bonds is 6. The van der Waals surface area contributed by atoms with Gasteiger partial charge in [-0.2, -0.15) is 0 Å². The molecule has 0 atom stereocenters. The number of aryl methyl sites for hydroxylation is 1. The molecule has 8 aromatic rings. The number of hydrogen-bond acceptors (Lipinski definition) is 5. The largest absolute Gasteiger partial charge is 0.456 e. The molecule has 1 aliphatic carbocycles. The predicted molar refractivity (Wildman–Crippen MR) is 259 cm³/mol. The Kier molecular flexibility index (Phi) is 9.56. The molecule has 5 aromatic carbocycles. The van der Waals surface area contributed by atoms with Crippen LogP contribution >= 0.6 is 0 Å². The standard InChI is InChI=1S/C57H60N4O/c1-14-34-29-45-46(56(10,11)57(12,13)55(45,8)9)32-44(34)47-28-21-39(33-58-47)37-19-26-42-43-27-20-38(31-49(43)62-48(42)30-37)52-60-50(35-15-22-40(23-16-35)53(2,3)4)59-51(61-52)36-17-24-41(25-18-36)54(5,6)7/h15-33H,14H2,1-13H3. The first kappa shape index (κ1) is 41.4. The number of aromatic nitrogens is 4.